The normalized spacial score (nSPS) is 31.7. The smallest absolute Gasteiger partial charge is 0.386 e. The van der Waals surface area contributed by atoms with Gasteiger partial charge in [-0.25, -0.2) is 28.9 Å². The highest BCUT2D eigenvalue weighted by atomic mass is 32.7. The number of hydrogen-bond acceptors (Lipinski definition) is 14. The molecule has 17 nitrogen and oxygen atoms in total. The number of nitrogens with two attached hydrogens (primary N) is 1. The van der Waals surface area contributed by atoms with Gasteiger partial charge in [-0.05, 0) is 0 Å². The number of thiol groups is 1. The highest BCUT2D eigenvalue weighted by Crippen LogP contribution is 2.57. The number of imidazole rings is 2. The summed E-state index contributed by atoms with van der Waals surface area (Å²) < 4.78 is 54.4. The highest BCUT2D eigenvalue weighted by molar-refractivity contribution is 8.44. The number of alkyl halides is 1. The van der Waals surface area contributed by atoms with Gasteiger partial charge >= 0.3 is 6.80 Å². The Hall–Kier alpha value is -3.00. The van der Waals surface area contributed by atoms with Crippen LogP contribution < -0.4 is 11.3 Å². The van der Waals surface area contributed by atoms with E-state index in [4.69, 9.17) is 24.3 Å². The van der Waals surface area contributed by atoms with Crippen molar-refractivity contribution in [1.29, 1.82) is 0 Å². The maximum Gasteiger partial charge on any atom is 0.386 e. The number of nitrogen functional groups attached to an aromatic ring is 1. The summed E-state index contributed by atoms with van der Waals surface area (Å²) >= 11 is 3.98. The van der Waals surface area contributed by atoms with Gasteiger partial charge in [-0.15, -0.1) is 0 Å². The average molecular weight is 615 g/mol. The molecule has 2 aliphatic heterocycles. The Bertz CT molecular complexity index is 1690. The largest absolute Gasteiger partial charge is 0.394 e. The van der Waals surface area contributed by atoms with Gasteiger partial charge in [0.2, 0.25) is 5.78 Å². The maximum atomic E-state index is 15.1. The molecule has 2 fully saturated rings. The molecule has 0 saturated carbocycles. The van der Waals surface area contributed by atoms with Gasteiger partial charge in [0.1, 0.15) is 42.4 Å². The zero-order valence-electron chi connectivity index (χ0n) is 20.8. The minimum Gasteiger partial charge on any atom is -0.394 e. The molecule has 2 aliphatic rings. The number of hydrogen-bond donors (Lipinski definition) is 5. The number of rotatable bonds is 8. The van der Waals surface area contributed by atoms with E-state index in [0.29, 0.717) is 0 Å². The molecule has 4 aromatic heterocycles. The van der Waals surface area contributed by atoms with Crippen LogP contribution in [0, 0.1) is 0 Å². The fraction of sp³-hybridized carbons (Fsp3) is 0.476. The molecular formula is C21H24FN8O9PS. The number of halogens is 1. The van der Waals surface area contributed by atoms with Gasteiger partial charge in [0.25, 0.3) is 5.56 Å². The molecule has 6 rings (SSSR count). The van der Waals surface area contributed by atoms with Crippen LogP contribution in [0.2, 0.25) is 0 Å². The van der Waals surface area contributed by atoms with Gasteiger partial charge in [-0.3, -0.25) is 27.4 Å². The van der Waals surface area contributed by atoms with E-state index in [1.807, 2.05) is 0 Å². The second-order valence-electron chi connectivity index (χ2n) is 9.31. The molecule has 0 radical (unpaired) electrons. The molecule has 220 valence electrons. The second-order valence-corrected chi connectivity index (χ2v) is 12.2. The third-order valence-corrected chi connectivity index (χ3v) is 8.46. The molecule has 0 amide bonds. The maximum absolute atomic E-state index is 15.1. The summed E-state index contributed by atoms with van der Waals surface area (Å²) in [5, 5.41) is 30.9. The van der Waals surface area contributed by atoms with Crippen molar-refractivity contribution in [3.8, 4) is 0 Å². The lowest BCUT2D eigenvalue weighted by atomic mass is 10.1. The van der Waals surface area contributed by atoms with E-state index >= 15 is 4.39 Å². The molecule has 20 heteroatoms. The van der Waals surface area contributed by atoms with Crippen molar-refractivity contribution in [1.82, 2.24) is 33.5 Å². The van der Waals surface area contributed by atoms with Gasteiger partial charge < -0.3 is 30.5 Å². The van der Waals surface area contributed by atoms with Crippen LogP contribution in [0.25, 0.3) is 16.9 Å². The Morgan fingerprint density at radius 2 is 1.88 bits per heavy atom. The van der Waals surface area contributed by atoms with Crippen LogP contribution in [0.4, 0.5) is 10.2 Å². The van der Waals surface area contributed by atoms with E-state index < -0.39 is 69.2 Å². The van der Waals surface area contributed by atoms with Crippen LogP contribution in [0.1, 0.15) is 12.5 Å². The first-order chi connectivity index (χ1) is 19.6. The minimum atomic E-state index is -4.35. The van der Waals surface area contributed by atoms with Crippen LogP contribution >= 0.6 is 19.0 Å². The monoisotopic (exact) mass is 614 g/mol. The molecule has 41 heavy (non-hydrogen) atoms. The molecule has 0 bridgehead atoms. The van der Waals surface area contributed by atoms with Crippen LogP contribution in [-0.2, 0) is 23.1 Å². The molecule has 5 N–H and O–H groups in total. The van der Waals surface area contributed by atoms with Gasteiger partial charge in [0, 0.05) is 24.7 Å². The summed E-state index contributed by atoms with van der Waals surface area (Å²) in [5.74, 6) is 0.199. The molecule has 0 unspecified atom stereocenters. The summed E-state index contributed by atoms with van der Waals surface area (Å²) in [4.78, 5) is 28.2. The Labute approximate surface area is 234 Å². The summed E-state index contributed by atoms with van der Waals surface area (Å²) in [6, 6.07) is 1.22. The second kappa shape index (κ2) is 10.7. The molecule has 4 aromatic rings. The SMILES string of the molecule is Nc1ncnc2c1ncn2[C@@H]1O[C@H](CO[P@@](=O)(S)O[C@@H]2[C@H](O)[C@@H](CO)O[C@H]2n2ccc(=O)n3ccnc23)[C@@H](O)[C@@H]1F. The van der Waals surface area contributed by atoms with Crippen molar-refractivity contribution in [2.45, 2.75) is 49.1 Å². The fourth-order valence-electron chi connectivity index (χ4n) is 4.83. The zero-order valence-corrected chi connectivity index (χ0v) is 22.6. The summed E-state index contributed by atoms with van der Waals surface area (Å²) in [5.41, 5.74) is 5.79. The van der Waals surface area contributed by atoms with E-state index in [2.05, 4.69) is 32.2 Å². The lowest BCUT2D eigenvalue weighted by Gasteiger charge is -2.26. The standard InChI is InChI=1S/C21H24FN8O9PS/c22-12-14(33)10(38-19(12)30-8-27-13-17(23)25-7-26-18(13)30)6-36-40(35,41)39-16-15(34)9(5-31)37-20(16)29-3-1-11(32)28-4-2-24-21(28)29/h1-4,7-10,12,14-16,19-20,31,33-34H,5-6H2,(H,35,41)(H2,23,25,26)/t9-,10-,12+,14-,15-,16-,19-,20-,40-/m1/s1. The molecule has 0 spiro atoms. The minimum absolute atomic E-state index is 0.0752. The van der Waals surface area contributed by atoms with Crippen molar-refractivity contribution >= 4 is 41.8 Å². The predicted molar refractivity (Wildman–Crippen MR) is 138 cm³/mol. The van der Waals surface area contributed by atoms with Gasteiger partial charge in [0.05, 0.1) is 19.5 Å². The third-order valence-electron chi connectivity index (χ3n) is 6.85. The van der Waals surface area contributed by atoms with Gasteiger partial charge in [-0.2, -0.15) is 0 Å². The van der Waals surface area contributed by atoms with Gasteiger partial charge in [-0.1, -0.05) is 12.2 Å². The van der Waals surface area contributed by atoms with Crippen molar-refractivity contribution in [2.24, 2.45) is 0 Å². The Balaban J connectivity index is 1.18. The van der Waals surface area contributed by atoms with E-state index in [1.165, 1.54) is 50.8 Å². The van der Waals surface area contributed by atoms with Crippen LogP contribution in [0.5, 0.6) is 0 Å². The molecule has 0 aromatic carbocycles. The molecule has 0 aliphatic carbocycles. The molecular weight excluding hydrogens is 590 g/mol. The average Bonchev–Trinajstić information content (AvgIpc) is 3.72. The number of fused-ring (bicyclic) bond motifs is 2. The zero-order chi connectivity index (χ0) is 29.1. The third kappa shape index (κ3) is 4.92. The van der Waals surface area contributed by atoms with Crippen LogP contribution in [-0.4, -0.2) is 98.7 Å². The number of ether oxygens (including phenoxy) is 2. The molecule has 2 saturated heterocycles. The number of anilines is 1. The van der Waals surface area contributed by atoms with Crippen LogP contribution in [0.3, 0.4) is 0 Å². The first kappa shape index (κ1) is 28.1. The molecule has 6 heterocycles. The van der Waals surface area contributed by atoms with Crippen molar-refractivity contribution in [3.05, 3.63) is 47.7 Å². The Morgan fingerprint density at radius 3 is 2.66 bits per heavy atom. The molecule has 9 atom stereocenters. The lowest BCUT2D eigenvalue weighted by molar-refractivity contribution is -0.0538. The summed E-state index contributed by atoms with van der Waals surface area (Å²) in [6.07, 6.45) is -5.08. The first-order valence-electron chi connectivity index (χ1n) is 12.1. The number of aliphatic hydroxyl groups excluding tert-OH is 3. The lowest BCUT2D eigenvalue weighted by Crippen LogP contribution is -2.35. The van der Waals surface area contributed by atoms with Gasteiger partial charge in [0.15, 0.2) is 30.1 Å². The predicted octanol–water partition coefficient (Wildman–Crippen LogP) is -0.795. The van der Waals surface area contributed by atoms with Crippen molar-refractivity contribution in [3.63, 3.8) is 0 Å². The number of aliphatic hydroxyl groups is 3. The highest BCUT2D eigenvalue weighted by Gasteiger charge is 2.50. The summed E-state index contributed by atoms with van der Waals surface area (Å²) in [7, 11) is 0. The van der Waals surface area contributed by atoms with E-state index in [-0.39, 0.29) is 28.3 Å². The Morgan fingerprint density at radius 1 is 1.10 bits per heavy atom. The number of nitrogens with zero attached hydrogens (tertiary/aromatic N) is 7. The van der Waals surface area contributed by atoms with Crippen molar-refractivity contribution < 1.29 is 42.8 Å². The van der Waals surface area contributed by atoms with E-state index in [1.54, 1.807) is 0 Å². The first-order valence-corrected chi connectivity index (χ1v) is 14.8. The quantitative estimate of drug-likeness (QED) is 0.121. The Kier molecular flexibility index (Phi) is 7.33. The van der Waals surface area contributed by atoms with E-state index in [9.17, 15) is 24.7 Å². The topological polar surface area (TPSA) is 224 Å². The van der Waals surface area contributed by atoms with Crippen molar-refractivity contribution in [2.75, 3.05) is 18.9 Å². The summed E-state index contributed by atoms with van der Waals surface area (Å²) in [6.45, 7) is -5.58. The number of aromatic nitrogens is 7. The van der Waals surface area contributed by atoms with E-state index in [0.717, 1.165) is 0 Å². The fourth-order valence-corrected chi connectivity index (χ4v) is 6.29. The van der Waals surface area contributed by atoms with Crippen LogP contribution in [0.15, 0.2) is 42.1 Å².